The van der Waals surface area contributed by atoms with Gasteiger partial charge in [0.1, 0.15) is 12.6 Å². The van der Waals surface area contributed by atoms with Crippen molar-refractivity contribution in [1.29, 1.82) is 0 Å². The summed E-state index contributed by atoms with van der Waals surface area (Å²) >= 11 is 0. The van der Waals surface area contributed by atoms with Crippen LogP contribution in [0.3, 0.4) is 0 Å². The molecule has 10 nitrogen and oxygen atoms in total. The van der Waals surface area contributed by atoms with E-state index in [-0.39, 0.29) is 35.1 Å². The number of nitro groups is 1. The summed E-state index contributed by atoms with van der Waals surface area (Å²) in [6, 6.07) is 28.5. The van der Waals surface area contributed by atoms with E-state index in [4.69, 9.17) is 0 Å². The molecule has 0 aliphatic heterocycles. The van der Waals surface area contributed by atoms with E-state index >= 15 is 0 Å². The van der Waals surface area contributed by atoms with Crippen LogP contribution in [0.2, 0.25) is 0 Å². The van der Waals surface area contributed by atoms with Crippen LogP contribution in [0.1, 0.15) is 30.0 Å². The Kier molecular flexibility index (Phi) is 11.0. The number of amides is 2. The van der Waals surface area contributed by atoms with Crippen LogP contribution in [0.4, 0.5) is 11.4 Å². The van der Waals surface area contributed by atoms with E-state index in [1.54, 1.807) is 18.2 Å². The summed E-state index contributed by atoms with van der Waals surface area (Å²) in [6.07, 6.45) is 0.877. The smallest absolute Gasteiger partial charge is 0.271 e. The van der Waals surface area contributed by atoms with E-state index in [9.17, 15) is 28.1 Å². The Morgan fingerprint density at radius 3 is 2.16 bits per heavy atom. The van der Waals surface area contributed by atoms with Gasteiger partial charge in [-0.05, 0) is 42.7 Å². The Labute approximate surface area is 263 Å². The van der Waals surface area contributed by atoms with E-state index in [2.05, 4.69) is 5.32 Å². The van der Waals surface area contributed by atoms with E-state index < -0.39 is 33.4 Å². The lowest BCUT2D eigenvalue weighted by atomic mass is 10.0. The molecule has 0 radical (unpaired) electrons. The molecule has 0 aliphatic carbocycles. The number of aryl methyl sites for hydroxylation is 1. The van der Waals surface area contributed by atoms with Crippen molar-refractivity contribution in [3.63, 3.8) is 0 Å². The molecule has 0 spiro atoms. The number of nitrogens with one attached hydrogen (secondary N) is 1. The summed E-state index contributed by atoms with van der Waals surface area (Å²) < 4.78 is 28.9. The van der Waals surface area contributed by atoms with Gasteiger partial charge in [0.15, 0.2) is 0 Å². The normalized spacial score (nSPS) is 11.8. The van der Waals surface area contributed by atoms with Crippen molar-refractivity contribution >= 4 is 33.2 Å². The zero-order chi connectivity index (χ0) is 32.4. The number of hydrogen-bond acceptors (Lipinski definition) is 6. The number of non-ortho nitro benzene ring substituents is 1. The topological polar surface area (TPSA) is 130 Å². The third kappa shape index (κ3) is 8.54. The highest BCUT2D eigenvalue weighted by Gasteiger charge is 2.35. The average Bonchev–Trinajstić information content (AvgIpc) is 3.04. The van der Waals surface area contributed by atoms with Crippen LogP contribution in [-0.2, 0) is 32.6 Å². The standard InChI is InChI=1S/C34H36N4O6S/c1-3-20-35-34(40)32(22-27-13-6-4-7-14-27)36(24-28-15-10-12-26(2)21-28)33(39)25-37(29-16-11-17-30(23-29)38(41)42)45(43,44)31-18-8-5-9-19-31/h4-19,21,23,32H,3,20,22,24-25H2,1-2H3,(H,35,40)/t32-/m1/s1. The molecular formula is C34H36N4O6S. The Balaban J connectivity index is 1.82. The SMILES string of the molecule is CCCNC(=O)[C@@H](Cc1ccccc1)N(Cc1cccc(C)c1)C(=O)CN(c1cccc([N+](=O)[O-])c1)S(=O)(=O)c1ccccc1. The highest BCUT2D eigenvalue weighted by molar-refractivity contribution is 7.92. The second kappa shape index (κ2) is 15.1. The number of anilines is 1. The van der Waals surface area contributed by atoms with Gasteiger partial charge in [-0.25, -0.2) is 8.42 Å². The lowest BCUT2D eigenvalue weighted by Crippen LogP contribution is -2.53. The number of sulfonamides is 1. The van der Waals surface area contributed by atoms with Crippen molar-refractivity contribution in [2.24, 2.45) is 0 Å². The predicted octanol–water partition coefficient (Wildman–Crippen LogP) is 5.26. The lowest BCUT2D eigenvalue weighted by molar-refractivity contribution is -0.384. The fourth-order valence-electron chi connectivity index (χ4n) is 4.94. The minimum Gasteiger partial charge on any atom is -0.354 e. The maximum absolute atomic E-state index is 14.4. The number of carbonyl (C=O) groups excluding carboxylic acids is 2. The van der Waals surface area contributed by atoms with E-state index in [1.165, 1.54) is 35.2 Å². The second-order valence-electron chi connectivity index (χ2n) is 10.6. The van der Waals surface area contributed by atoms with Crippen molar-refractivity contribution in [3.8, 4) is 0 Å². The molecule has 4 rings (SSSR count). The molecule has 0 saturated heterocycles. The number of hydrogen-bond donors (Lipinski definition) is 1. The number of nitrogens with zero attached hydrogens (tertiary/aromatic N) is 3. The highest BCUT2D eigenvalue weighted by atomic mass is 32.2. The Morgan fingerprint density at radius 1 is 0.867 bits per heavy atom. The van der Waals surface area contributed by atoms with Gasteiger partial charge in [-0.2, -0.15) is 0 Å². The number of rotatable bonds is 14. The first-order valence-electron chi connectivity index (χ1n) is 14.6. The van der Waals surface area contributed by atoms with Gasteiger partial charge in [0, 0.05) is 31.6 Å². The molecule has 4 aromatic rings. The van der Waals surface area contributed by atoms with Gasteiger partial charge in [-0.1, -0.05) is 91.3 Å². The summed E-state index contributed by atoms with van der Waals surface area (Å²) in [5.41, 5.74) is 2.17. The molecule has 0 aromatic heterocycles. The molecule has 0 unspecified atom stereocenters. The van der Waals surface area contributed by atoms with Gasteiger partial charge in [-0.3, -0.25) is 24.0 Å². The number of carbonyl (C=O) groups is 2. The van der Waals surface area contributed by atoms with Crippen LogP contribution in [0.15, 0.2) is 114 Å². The Bertz CT molecular complexity index is 1730. The van der Waals surface area contributed by atoms with Gasteiger partial charge < -0.3 is 10.2 Å². The molecule has 0 saturated carbocycles. The molecule has 45 heavy (non-hydrogen) atoms. The molecule has 1 N–H and O–H groups in total. The maximum Gasteiger partial charge on any atom is 0.271 e. The Morgan fingerprint density at radius 2 is 1.51 bits per heavy atom. The third-order valence-corrected chi connectivity index (χ3v) is 8.98. The summed E-state index contributed by atoms with van der Waals surface area (Å²) in [4.78, 5) is 40.4. The first-order chi connectivity index (χ1) is 21.6. The van der Waals surface area contributed by atoms with Gasteiger partial charge >= 0.3 is 0 Å². The molecule has 0 aliphatic rings. The lowest BCUT2D eigenvalue weighted by Gasteiger charge is -2.34. The molecule has 2 amide bonds. The molecule has 234 valence electrons. The van der Waals surface area contributed by atoms with Crippen molar-refractivity contribution in [3.05, 3.63) is 136 Å². The number of benzene rings is 4. The second-order valence-corrected chi connectivity index (χ2v) is 12.5. The predicted molar refractivity (Wildman–Crippen MR) is 173 cm³/mol. The molecule has 0 fully saturated rings. The molecule has 4 aromatic carbocycles. The first-order valence-corrected chi connectivity index (χ1v) is 16.0. The average molecular weight is 629 g/mol. The highest BCUT2D eigenvalue weighted by Crippen LogP contribution is 2.28. The minimum absolute atomic E-state index is 0.0335. The van der Waals surface area contributed by atoms with Crippen molar-refractivity contribution in [2.75, 3.05) is 17.4 Å². The largest absolute Gasteiger partial charge is 0.354 e. The first kappa shape index (κ1) is 32.9. The molecular weight excluding hydrogens is 592 g/mol. The van der Waals surface area contributed by atoms with Crippen LogP contribution in [-0.4, -0.2) is 49.2 Å². The fourth-order valence-corrected chi connectivity index (χ4v) is 6.36. The van der Waals surface area contributed by atoms with Crippen molar-refractivity contribution in [2.45, 2.75) is 44.2 Å². The van der Waals surface area contributed by atoms with Gasteiger partial charge in [0.2, 0.25) is 11.8 Å². The van der Waals surface area contributed by atoms with E-state index in [0.717, 1.165) is 27.1 Å². The van der Waals surface area contributed by atoms with E-state index in [0.29, 0.717) is 13.0 Å². The molecule has 0 bridgehead atoms. The zero-order valence-corrected chi connectivity index (χ0v) is 26.0. The van der Waals surface area contributed by atoms with Crippen molar-refractivity contribution in [1.82, 2.24) is 10.2 Å². The monoisotopic (exact) mass is 628 g/mol. The van der Waals surface area contributed by atoms with Crippen LogP contribution in [0, 0.1) is 17.0 Å². The third-order valence-electron chi connectivity index (χ3n) is 7.19. The van der Waals surface area contributed by atoms with Gasteiger partial charge in [-0.15, -0.1) is 0 Å². The van der Waals surface area contributed by atoms with Gasteiger partial charge in [0.25, 0.3) is 15.7 Å². The molecule has 0 heterocycles. The van der Waals surface area contributed by atoms with E-state index in [1.807, 2.05) is 68.4 Å². The summed E-state index contributed by atoms with van der Waals surface area (Å²) in [7, 11) is -4.36. The molecule has 11 heteroatoms. The van der Waals surface area contributed by atoms with Gasteiger partial charge in [0.05, 0.1) is 15.5 Å². The van der Waals surface area contributed by atoms with Crippen molar-refractivity contribution < 1.29 is 22.9 Å². The summed E-state index contributed by atoms with van der Waals surface area (Å²) in [6.45, 7) is 3.58. The quantitative estimate of drug-likeness (QED) is 0.150. The van der Waals surface area contributed by atoms with Crippen LogP contribution in [0.25, 0.3) is 0 Å². The fraction of sp³-hybridized carbons (Fsp3) is 0.235. The van der Waals surface area contributed by atoms with Crippen LogP contribution < -0.4 is 9.62 Å². The summed E-state index contributed by atoms with van der Waals surface area (Å²) in [5, 5.41) is 14.5. The molecule has 1 atom stereocenters. The van der Waals surface area contributed by atoms with Crippen LogP contribution in [0.5, 0.6) is 0 Å². The maximum atomic E-state index is 14.4. The Hall–Kier alpha value is -5.03. The van der Waals surface area contributed by atoms with Crippen LogP contribution >= 0.6 is 0 Å². The number of nitro benzene ring substituents is 1. The zero-order valence-electron chi connectivity index (χ0n) is 25.2. The summed E-state index contributed by atoms with van der Waals surface area (Å²) in [5.74, 6) is -1.01. The minimum atomic E-state index is -4.36.